The highest BCUT2D eigenvalue weighted by molar-refractivity contribution is 6.35. The molecule has 0 saturated carbocycles. The predicted molar refractivity (Wildman–Crippen MR) is 93.5 cm³/mol. The molecule has 2 heterocycles. The molecule has 2 N–H and O–H groups in total. The van der Waals surface area contributed by atoms with Gasteiger partial charge in [-0.05, 0) is 30.7 Å². The average molecular weight is 334 g/mol. The van der Waals surface area contributed by atoms with Gasteiger partial charge in [0.15, 0.2) is 5.82 Å². The Bertz CT molecular complexity index is 664. The van der Waals surface area contributed by atoms with Crippen molar-refractivity contribution >= 4 is 28.9 Å². The zero-order chi connectivity index (χ0) is 16.2. The van der Waals surface area contributed by atoms with E-state index in [-0.39, 0.29) is 0 Å². The van der Waals surface area contributed by atoms with Crippen LogP contribution in [0.2, 0.25) is 5.02 Å². The van der Waals surface area contributed by atoms with Gasteiger partial charge < -0.3 is 20.3 Å². The molecule has 1 aliphatic heterocycles. The van der Waals surface area contributed by atoms with Crippen LogP contribution < -0.4 is 20.3 Å². The summed E-state index contributed by atoms with van der Waals surface area (Å²) < 4.78 is 5.21. The summed E-state index contributed by atoms with van der Waals surface area (Å²) in [5.41, 5.74) is 6.98. The SMILES string of the molecule is COc1ccc(N2CCCN(c3ncnc(N)c3Cl)CC2)cc1. The molecular weight excluding hydrogens is 314 g/mol. The minimum atomic E-state index is 0.327. The van der Waals surface area contributed by atoms with Gasteiger partial charge in [-0.1, -0.05) is 11.6 Å². The van der Waals surface area contributed by atoms with Gasteiger partial charge >= 0.3 is 0 Å². The summed E-state index contributed by atoms with van der Waals surface area (Å²) in [6.07, 6.45) is 2.48. The Morgan fingerprint density at radius 1 is 1.04 bits per heavy atom. The predicted octanol–water partition coefficient (Wildman–Crippen LogP) is 2.44. The number of methoxy groups -OCH3 is 1. The van der Waals surface area contributed by atoms with E-state index in [0.29, 0.717) is 10.8 Å². The summed E-state index contributed by atoms with van der Waals surface area (Å²) in [4.78, 5) is 12.7. The molecule has 3 rings (SSSR count). The van der Waals surface area contributed by atoms with Crippen molar-refractivity contribution in [2.24, 2.45) is 0 Å². The number of anilines is 3. The van der Waals surface area contributed by atoms with Gasteiger partial charge in [0.25, 0.3) is 0 Å². The number of nitrogens with zero attached hydrogens (tertiary/aromatic N) is 4. The third-order valence-corrected chi connectivity index (χ3v) is 4.39. The molecule has 6 nitrogen and oxygen atoms in total. The van der Waals surface area contributed by atoms with Crippen LogP contribution in [-0.4, -0.2) is 43.3 Å². The molecule has 2 aromatic rings. The molecular formula is C16H20ClN5O. The number of rotatable bonds is 3. The lowest BCUT2D eigenvalue weighted by Gasteiger charge is -2.24. The van der Waals surface area contributed by atoms with Gasteiger partial charge in [0.2, 0.25) is 0 Å². The van der Waals surface area contributed by atoms with Crippen LogP contribution in [0, 0.1) is 0 Å². The molecule has 0 bridgehead atoms. The van der Waals surface area contributed by atoms with Crippen molar-refractivity contribution in [1.82, 2.24) is 9.97 Å². The average Bonchev–Trinajstić information content (AvgIpc) is 2.83. The summed E-state index contributed by atoms with van der Waals surface area (Å²) in [6.45, 7) is 3.61. The van der Waals surface area contributed by atoms with Gasteiger partial charge in [0, 0.05) is 31.9 Å². The molecule has 0 radical (unpaired) electrons. The van der Waals surface area contributed by atoms with Crippen molar-refractivity contribution in [3.63, 3.8) is 0 Å². The zero-order valence-electron chi connectivity index (χ0n) is 13.1. The van der Waals surface area contributed by atoms with E-state index in [2.05, 4.69) is 31.9 Å². The van der Waals surface area contributed by atoms with Crippen molar-refractivity contribution < 1.29 is 4.74 Å². The highest BCUT2D eigenvalue weighted by Crippen LogP contribution is 2.28. The Balaban J connectivity index is 1.72. The van der Waals surface area contributed by atoms with Crippen LogP contribution in [0.25, 0.3) is 0 Å². The van der Waals surface area contributed by atoms with E-state index in [1.807, 2.05) is 12.1 Å². The molecule has 1 saturated heterocycles. The van der Waals surface area contributed by atoms with E-state index in [9.17, 15) is 0 Å². The van der Waals surface area contributed by atoms with E-state index >= 15 is 0 Å². The number of benzene rings is 1. The summed E-state index contributed by atoms with van der Waals surface area (Å²) >= 11 is 6.25. The van der Waals surface area contributed by atoms with E-state index in [1.165, 1.54) is 12.0 Å². The topological polar surface area (TPSA) is 67.5 Å². The first-order valence-corrected chi connectivity index (χ1v) is 7.97. The Labute approximate surface area is 140 Å². The van der Waals surface area contributed by atoms with Crippen LogP contribution in [0.5, 0.6) is 5.75 Å². The highest BCUT2D eigenvalue weighted by Gasteiger charge is 2.19. The Morgan fingerprint density at radius 3 is 2.48 bits per heavy atom. The fourth-order valence-corrected chi connectivity index (χ4v) is 2.99. The summed E-state index contributed by atoms with van der Waals surface area (Å²) in [5.74, 6) is 1.91. The molecule has 0 amide bonds. The molecule has 1 fully saturated rings. The monoisotopic (exact) mass is 333 g/mol. The zero-order valence-corrected chi connectivity index (χ0v) is 13.8. The minimum absolute atomic E-state index is 0.327. The quantitative estimate of drug-likeness (QED) is 0.930. The molecule has 0 unspecified atom stereocenters. The van der Waals surface area contributed by atoms with E-state index in [0.717, 1.165) is 44.2 Å². The van der Waals surface area contributed by atoms with Crippen LogP contribution in [-0.2, 0) is 0 Å². The number of ether oxygens (including phenoxy) is 1. The van der Waals surface area contributed by atoms with Crippen molar-refractivity contribution in [3.05, 3.63) is 35.6 Å². The Kier molecular flexibility index (Phi) is 4.71. The molecule has 0 spiro atoms. The standard InChI is InChI=1S/C16H20ClN5O/c1-23-13-5-3-12(4-6-13)21-7-2-8-22(10-9-21)16-14(17)15(18)19-11-20-16/h3-6,11H,2,7-10H2,1H3,(H2,18,19,20). The molecule has 1 aromatic heterocycles. The van der Waals surface area contributed by atoms with Crippen LogP contribution >= 0.6 is 11.6 Å². The van der Waals surface area contributed by atoms with Crippen molar-refractivity contribution in [2.45, 2.75) is 6.42 Å². The van der Waals surface area contributed by atoms with Gasteiger partial charge in [0.1, 0.15) is 22.9 Å². The molecule has 0 aliphatic carbocycles. The molecule has 1 aliphatic rings. The second-order valence-electron chi connectivity index (χ2n) is 5.42. The third-order valence-electron chi connectivity index (χ3n) is 4.03. The van der Waals surface area contributed by atoms with Gasteiger partial charge in [0.05, 0.1) is 7.11 Å². The van der Waals surface area contributed by atoms with Gasteiger partial charge in [-0.15, -0.1) is 0 Å². The Hall–Kier alpha value is -2.21. The number of nitrogen functional groups attached to an aromatic ring is 1. The first-order valence-electron chi connectivity index (χ1n) is 7.59. The fraction of sp³-hybridized carbons (Fsp3) is 0.375. The summed E-state index contributed by atoms with van der Waals surface area (Å²) in [6, 6.07) is 8.15. The summed E-state index contributed by atoms with van der Waals surface area (Å²) in [5, 5.41) is 0.436. The van der Waals surface area contributed by atoms with E-state index in [4.69, 9.17) is 22.1 Å². The van der Waals surface area contributed by atoms with Crippen molar-refractivity contribution in [1.29, 1.82) is 0 Å². The van der Waals surface area contributed by atoms with Crippen molar-refractivity contribution in [3.8, 4) is 5.75 Å². The number of hydrogen-bond acceptors (Lipinski definition) is 6. The van der Waals surface area contributed by atoms with E-state index in [1.54, 1.807) is 7.11 Å². The van der Waals surface area contributed by atoms with Crippen molar-refractivity contribution in [2.75, 3.05) is 48.8 Å². The van der Waals surface area contributed by atoms with Gasteiger partial charge in [-0.3, -0.25) is 0 Å². The number of nitrogens with two attached hydrogens (primary N) is 1. The largest absolute Gasteiger partial charge is 0.497 e. The second kappa shape index (κ2) is 6.91. The Morgan fingerprint density at radius 2 is 1.74 bits per heavy atom. The van der Waals surface area contributed by atoms with Crippen LogP contribution in [0.3, 0.4) is 0 Å². The van der Waals surface area contributed by atoms with Gasteiger partial charge in [-0.2, -0.15) is 0 Å². The smallest absolute Gasteiger partial charge is 0.153 e. The lowest BCUT2D eigenvalue weighted by Crippen LogP contribution is -2.31. The fourth-order valence-electron chi connectivity index (χ4n) is 2.77. The van der Waals surface area contributed by atoms with Crippen LogP contribution in [0.15, 0.2) is 30.6 Å². The maximum absolute atomic E-state index is 6.25. The highest BCUT2D eigenvalue weighted by atomic mass is 35.5. The number of aromatic nitrogens is 2. The minimum Gasteiger partial charge on any atom is -0.497 e. The van der Waals surface area contributed by atoms with Crippen LogP contribution in [0.4, 0.5) is 17.3 Å². The number of hydrogen-bond donors (Lipinski definition) is 1. The maximum atomic E-state index is 6.25. The number of halogens is 1. The van der Waals surface area contributed by atoms with Gasteiger partial charge in [-0.25, -0.2) is 9.97 Å². The van der Waals surface area contributed by atoms with E-state index < -0.39 is 0 Å². The third kappa shape index (κ3) is 3.42. The summed E-state index contributed by atoms with van der Waals surface area (Å²) in [7, 11) is 1.68. The lowest BCUT2D eigenvalue weighted by atomic mass is 10.2. The molecule has 23 heavy (non-hydrogen) atoms. The molecule has 0 atom stereocenters. The molecule has 7 heteroatoms. The first kappa shape index (κ1) is 15.7. The first-order chi connectivity index (χ1) is 11.2. The molecule has 122 valence electrons. The van der Waals surface area contributed by atoms with Crippen LogP contribution in [0.1, 0.15) is 6.42 Å². The maximum Gasteiger partial charge on any atom is 0.153 e. The normalized spacial score (nSPS) is 15.4. The second-order valence-corrected chi connectivity index (χ2v) is 5.80. The molecule has 1 aromatic carbocycles. The lowest BCUT2D eigenvalue weighted by molar-refractivity contribution is 0.415.